The summed E-state index contributed by atoms with van der Waals surface area (Å²) in [5, 5.41) is 8.17. The van der Waals surface area contributed by atoms with E-state index in [0.717, 1.165) is 24.0 Å². The second-order valence-electron chi connectivity index (χ2n) is 6.03. The zero-order valence-electron chi connectivity index (χ0n) is 15.5. The van der Waals surface area contributed by atoms with Gasteiger partial charge in [0.15, 0.2) is 0 Å². The number of carbonyl (C=O) groups is 2. The van der Waals surface area contributed by atoms with Crippen LogP contribution in [0, 0.1) is 0 Å². The van der Waals surface area contributed by atoms with E-state index in [2.05, 4.69) is 16.0 Å². The van der Waals surface area contributed by atoms with Crippen LogP contribution in [0.2, 0.25) is 0 Å². The predicted molar refractivity (Wildman–Crippen MR) is 107 cm³/mol. The minimum Gasteiger partial charge on any atom is -0.449 e. The number of benzene rings is 2. The van der Waals surface area contributed by atoms with E-state index >= 15 is 0 Å². The summed E-state index contributed by atoms with van der Waals surface area (Å²) in [6.07, 6.45) is 1.27. The van der Waals surface area contributed by atoms with Crippen molar-refractivity contribution in [1.29, 1.82) is 0 Å². The Morgan fingerprint density at radius 1 is 1.00 bits per heavy atom. The Bertz CT molecular complexity index is 764. The lowest BCUT2D eigenvalue weighted by Gasteiger charge is -2.10. The third kappa shape index (κ3) is 7.37. The highest BCUT2D eigenvalue weighted by atomic mass is 16.5. The predicted octanol–water partition coefficient (Wildman–Crippen LogP) is 3.82. The van der Waals surface area contributed by atoms with E-state index < -0.39 is 6.09 Å². The smallest absolute Gasteiger partial charge is 0.411 e. The number of carbonyl (C=O) groups excluding carboxylic acids is 2. The summed E-state index contributed by atoms with van der Waals surface area (Å²) in [6, 6.07) is 14.3. The Balaban J connectivity index is 1.83. The van der Waals surface area contributed by atoms with Crippen molar-refractivity contribution < 1.29 is 14.3 Å². The molecule has 0 aromatic heterocycles. The van der Waals surface area contributed by atoms with Crippen LogP contribution in [0.15, 0.2) is 48.5 Å². The lowest BCUT2D eigenvalue weighted by atomic mass is 10.1. The molecule has 27 heavy (non-hydrogen) atoms. The van der Waals surface area contributed by atoms with Gasteiger partial charge in [-0.05, 0) is 35.7 Å². The van der Waals surface area contributed by atoms with Crippen molar-refractivity contribution in [2.45, 2.75) is 32.9 Å². The number of unbranched alkanes of at least 4 members (excludes halogenated alkanes) is 1. The van der Waals surface area contributed by atoms with Crippen molar-refractivity contribution >= 4 is 23.5 Å². The van der Waals surface area contributed by atoms with Crippen molar-refractivity contribution in [1.82, 2.24) is 5.32 Å². The van der Waals surface area contributed by atoms with E-state index in [0.29, 0.717) is 31.1 Å². The Morgan fingerprint density at radius 2 is 1.70 bits per heavy atom. The Morgan fingerprint density at radius 3 is 2.44 bits per heavy atom. The van der Waals surface area contributed by atoms with E-state index in [4.69, 9.17) is 10.5 Å². The van der Waals surface area contributed by atoms with E-state index in [1.54, 1.807) is 24.3 Å². The molecule has 0 fully saturated rings. The van der Waals surface area contributed by atoms with Crippen molar-refractivity contribution in [3.63, 3.8) is 0 Å². The summed E-state index contributed by atoms with van der Waals surface area (Å²) in [5.41, 5.74) is 8.72. The van der Waals surface area contributed by atoms with Crippen LogP contribution in [0.3, 0.4) is 0 Å². The molecule has 0 atom stereocenters. The molecule has 5 N–H and O–H groups in total. The standard InChI is InChI=1S/C20H26N4O3/c1-2-3-10-27-20(26)24-18-9-5-8-17(12-18)23-19(25)22-14-16-7-4-6-15(11-16)13-21/h4-9,11-12H,2-3,10,13-14,21H2,1H3,(H,24,26)(H2,22,23,25). The minimum absolute atomic E-state index is 0.337. The minimum atomic E-state index is -0.509. The van der Waals surface area contributed by atoms with E-state index in [1.807, 2.05) is 31.2 Å². The van der Waals surface area contributed by atoms with Gasteiger partial charge in [0.1, 0.15) is 0 Å². The molecule has 7 nitrogen and oxygen atoms in total. The summed E-state index contributed by atoms with van der Waals surface area (Å²) in [5.74, 6) is 0. The van der Waals surface area contributed by atoms with Crippen molar-refractivity contribution in [2.75, 3.05) is 17.2 Å². The highest BCUT2D eigenvalue weighted by Crippen LogP contribution is 2.15. The van der Waals surface area contributed by atoms with Crippen LogP contribution < -0.4 is 21.7 Å². The second kappa shape index (κ2) is 10.8. The molecule has 2 rings (SSSR count). The summed E-state index contributed by atoms with van der Waals surface area (Å²) >= 11 is 0. The van der Waals surface area contributed by atoms with Crippen LogP contribution in [0.4, 0.5) is 21.0 Å². The molecule has 0 saturated carbocycles. The fourth-order valence-corrected chi connectivity index (χ4v) is 2.36. The van der Waals surface area contributed by atoms with Gasteiger partial charge in [-0.15, -0.1) is 0 Å². The molecule has 3 amide bonds. The third-order valence-corrected chi connectivity index (χ3v) is 3.78. The molecule has 0 heterocycles. The van der Waals surface area contributed by atoms with Crippen LogP contribution in [-0.4, -0.2) is 18.7 Å². The topological polar surface area (TPSA) is 105 Å². The molecule has 0 aliphatic heterocycles. The fourth-order valence-electron chi connectivity index (χ4n) is 2.36. The molecule has 2 aromatic carbocycles. The zero-order chi connectivity index (χ0) is 19.5. The lowest BCUT2D eigenvalue weighted by Crippen LogP contribution is -2.28. The van der Waals surface area contributed by atoms with Crippen LogP contribution >= 0.6 is 0 Å². The number of hydrogen-bond acceptors (Lipinski definition) is 4. The SMILES string of the molecule is CCCCOC(=O)Nc1cccc(NC(=O)NCc2cccc(CN)c2)c1. The first-order chi connectivity index (χ1) is 13.1. The molecular weight excluding hydrogens is 344 g/mol. The molecule has 0 spiro atoms. The maximum absolute atomic E-state index is 12.1. The number of hydrogen-bond donors (Lipinski definition) is 4. The van der Waals surface area contributed by atoms with Gasteiger partial charge in [0.05, 0.1) is 6.61 Å². The van der Waals surface area contributed by atoms with Gasteiger partial charge < -0.3 is 21.1 Å². The highest BCUT2D eigenvalue weighted by Gasteiger charge is 2.06. The molecule has 7 heteroatoms. The fraction of sp³-hybridized carbons (Fsp3) is 0.300. The van der Waals surface area contributed by atoms with E-state index in [1.165, 1.54) is 0 Å². The largest absolute Gasteiger partial charge is 0.449 e. The molecule has 0 radical (unpaired) electrons. The number of anilines is 2. The van der Waals surface area contributed by atoms with Crippen LogP contribution in [0.1, 0.15) is 30.9 Å². The van der Waals surface area contributed by atoms with Crippen molar-refractivity contribution in [3.05, 3.63) is 59.7 Å². The molecular formula is C20H26N4O3. The van der Waals surface area contributed by atoms with Gasteiger partial charge in [-0.25, -0.2) is 9.59 Å². The number of ether oxygens (including phenoxy) is 1. The first-order valence-electron chi connectivity index (χ1n) is 8.97. The number of urea groups is 1. The number of amides is 3. The van der Waals surface area contributed by atoms with Gasteiger partial charge >= 0.3 is 12.1 Å². The molecule has 144 valence electrons. The quantitative estimate of drug-likeness (QED) is 0.530. The van der Waals surface area contributed by atoms with Crippen molar-refractivity contribution in [3.8, 4) is 0 Å². The summed E-state index contributed by atoms with van der Waals surface area (Å²) in [6.45, 7) is 3.26. The van der Waals surface area contributed by atoms with E-state index in [-0.39, 0.29) is 6.03 Å². The van der Waals surface area contributed by atoms with Crippen LogP contribution in [0.25, 0.3) is 0 Å². The van der Waals surface area contributed by atoms with Gasteiger partial charge in [0.25, 0.3) is 0 Å². The average Bonchev–Trinajstić information content (AvgIpc) is 2.67. The van der Waals surface area contributed by atoms with Gasteiger partial charge in [-0.1, -0.05) is 43.7 Å². The summed E-state index contributed by atoms with van der Waals surface area (Å²) in [7, 11) is 0. The maximum Gasteiger partial charge on any atom is 0.411 e. The number of nitrogens with two attached hydrogens (primary N) is 1. The Hall–Kier alpha value is -3.06. The van der Waals surface area contributed by atoms with E-state index in [9.17, 15) is 9.59 Å². The van der Waals surface area contributed by atoms with Crippen LogP contribution in [0.5, 0.6) is 0 Å². The highest BCUT2D eigenvalue weighted by molar-refractivity contribution is 5.91. The van der Waals surface area contributed by atoms with Gasteiger partial charge in [-0.3, -0.25) is 5.32 Å². The van der Waals surface area contributed by atoms with Gasteiger partial charge in [-0.2, -0.15) is 0 Å². The average molecular weight is 370 g/mol. The van der Waals surface area contributed by atoms with Gasteiger partial charge in [0, 0.05) is 24.5 Å². The van der Waals surface area contributed by atoms with Crippen LogP contribution in [-0.2, 0) is 17.8 Å². The first kappa shape index (κ1) is 20.3. The molecule has 0 saturated heterocycles. The normalized spacial score (nSPS) is 10.1. The third-order valence-electron chi connectivity index (χ3n) is 3.78. The number of rotatable bonds is 8. The Labute approximate surface area is 159 Å². The van der Waals surface area contributed by atoms with Gasteiger partial charge in [0.2, 0.25) is 0 Å². The summed E-state index contributed by atoms with van der Waals surface area (Å²) < 4.78 is 5.06. The Kier molecular flexibility index (Phi) is 8.12. The molecule has 0 aliphatic rings. The second-order valence-corrected chi connectivity index (χ2v) is 6.03. The monoisotopic (exact) mass is 370 g/mol. The zero-order valence-corrected chi connectivity index (χ0v) is 15.5. The molecule has 0 bridgehead atoms. The lowest BCUT2D eigenvalue weighted by molar-refractivity contribution is 0.160. The summed E-state index contributed by atoms with van der Waals surface area (Å²) in [4.78, 5) is 23.8. The molecule has 2 aromatic rings. The molecule has 0 unspecified atom stereocenters. The number of nitrogens with one attached hydrogen (secondary N) is 3. The maximum atomic E-state index is 12.1. The van der Waals surface area contributed by atoms with Crippen molar-refractivity contribution in [2.24, 2.45) is 5.73 Å². The molecule has 0 aliphatic carbocycles. The first-order valence-corrected chi connectivity index (χ1v) is 8.97.